The molecule has 0 radical (unpaired) electrons. The van der Waals surface area contributed by atoms with Crippen LogP contribution in [0.5, 0.6) is 0 Å². The van der Waals surface area contributed by atoms with Crippen LogP contribution < -0.4 is 0 Å². The highest BCUT2D eigenvalue weighted by Gasteiger charge is 2.34. The maximum absolute atomic E-state index is 8.48. The van der Waals surface area contributed by atoms with E-state index in [1.807, 2.05) is 12.1 Å². The zero-order valence-corrected chi connectivity index (χ0v) is 6.03. The molecule has 1 aromatic rings. The molecule has 0 aliphatic carbocycles. The van der Waals surface area contributed by atoms with Gasteiger partial charge >= 0.3 is 0 Å². The van der Waals surface area contributed by atoms with Crippen LogP contribution in [0.25, 0.3) is 0 Å². The van der Waals surface area contributed by atoms with Crippen LogP contribution in [0.2, 0.25) is 0 Å². The molecular formula is C8H8N2O. The molecule has 1 aliphatic rings. The molecule has 0 N–H and O–H groups in total. The van der Waals surface area contributed by atoms with Crippen molar-refractivity contribution in [3.05, 3.63) is 24.2 Å². The van der Waals surface area contributed by atoms with Crippen molar-refractivity contribution in [1.82, 2.24) is 4.90 Å². The smallest absolute Gasteiger partial charge is 0.117 e. The van der Waals surface area contributed by atoms with Gasteiger partial charge in [-0.3, -0.25) is 4.90 Å². The molecule has 1 saturated heterocycles. The lowest BCUT2D eigenvalue weighted by molar-refractivity contribution is 0.424. The monoisotopic (exact) mass is 148 g/mol. The van der Waals surface area contributed by atoms with Crippen molar-refractivity contribution in [3.63, 3.8) is 0 Å². The molecule has 2 rings (SSSR count). The number of furan rings is 1. The summed E-state index contributed by atoms with van der Waals surface area (Å²) in [7, 11) is 0. The van der Waals surface area contributed by atoms with Gasteiger partial charge in [-0.25, -0.2) is 0 Å². The second-order valence-electron chi connectivity index (χ2n) is 2.65. The second-order valence-corrected chi connectivity index (χ2v) is 2.65. The predicted octanol–water partition coefficient (Wildman–Crippen LogP) is 0.987. The van der Waals surface area contributed by atoms with Crippen molar-refractivity contribution in [2.75, 3.05) is 6.54 Å². The number of nitriles is 1. The van der Waals surface area contributed by atoms with Crippen molar-refractivity contribution in [2.24, 2.45) is 0 Å². The molecule has 2 heterocycles. The fraction of sp³-hybridized carbons (Fsp3) is 0.375. The molecule has 3 heteroatoms. The first-order valence-electron chi connectivity index (χ1n) is 3.56. The molecule has 0 spiro atoms. The zero-order valence-electron chi connectivity index (χ0n) is 6.03. The van der Waals surface area contributed by atoms with Gasteiger partial charge in [0.05, 0.1) is 18.9 Å². The first kappa shape index (κ1) is 6.44. The highest BCUT2D eigenvalue weighted by atomic mass is 16.3. The summed E-state index contributed by atoms with van der Waals surface area (Å²) in [6.07, 6.45) is 1.65. The van der Waals surface area contributed by atoms with Gasteiger partial charge < -0.3 is 4.42 Å². The third kappa shape index (κ3) is 1.26. The predicted molar refractivity (Wildman–Crippen MR) is 38.5 cm³/mol. The summed E-state index contributed by atoms with van der Waals surface area (Å²) in [5, 5.41) is 8.48. The molecule has 2 unspecified atom stereocenters. The summed E-state index contributed by atoms with van der Waals surface area (Å²) >= 11 is 0. The number of hydrogen-bond acceptors (Lipinski definition) is 3. The van der Waals surface area contributed by atoms with E-state index < -0.39 is 0 Å². The Hall–Kier alpha value is -1.27. The number of hydrogen-bond donors (Lipinski definition) is 0. The van der Waals surface area contributed by atoms with Gasteiger partial charge in [-0.05, 0) is 12.1 Å². The Kier molecular flexibility index (Phi) is 1.41. The molecule has 2 atom stereocenters. The largest absolute Gasteiger partial charge is 0.468 e. The molecule has 1 aliphatic heterocycles. The maximum atomic E-state index is 8.48. The van der Waals surface area contributed by atoms with Crippen LogP contribution in [0, 0.1) is 11.3 Å². The lowest BCUT2D eigenvalue weighted by atomic mass is 10.4. The van der Waals surface area contributed by atoms with E-state index in [1.54, 1.807) is 6.26 Å². The minimum atomic E-state index is 0.125. The van der Waals surface area contributed by atoms with Crippen molar-refractivity contribution < 1.29 is 4.42 Å². The van der Waals surface area contributed by atoms with Gasteiger partial charge in [-0.1, -0.05) is 0 Å². The fourth-order valence-corrected chi connectivity index (χ4v) is 1.07. The second kappa shape index (κ2) is 2.40. The van der Waals surface area contributed by atoms with Crippen LogP contribution in [0.4, 0.5) is 0 Å². The van der Waals surface area contributed by atoms with Gasteiger partial charge in [0.2, 0.25) is 0 Å². The first-order valence-corrected chi connectivity index (χ1v) is 3.56. The standard InChI is InChI=1S/C8H8N2O/c9-4-7-5-10(7)6-8-2-1-3-11-8/h1-3,7H,5-6H2. The average molecular weight is 148 g/mol. The van der Waals surface area contributed by atoms with Gasteiger partial charge in [-0.15, -0.1) is 0 Å². The normalized spacial score (nSPS) is 27.9. The summed E-state index contributed by atoms with van der Waals surface area (Å²) in [6, 6.07) is 6.10. The minimum absolute atomic E-state index is 0.125. The highest BCUT2D eigenvalue weighted by Crippen LogP contribution is 2.19. The topological polar surface area (TPSA) is 39.9 Å². The van der Waals surface area contributed by atoms with Crippen molar-refractivity contribution in [3.8, 4) is 6.07 Å². The molecule has 0 aromatic carbocycles. The third-order valence-corrected chi connectivity index (χ3v) is 1.80. The van der Waals surface area contributed by atoms with E-state index in [-0.39, 0.29) is 6.04 Å². The molecule has 0 saturated carbocycles. The van der Waals surface area contributed by atoms with Crippen LogP contribution in [0.15, 0.2) is 22.8 Å². The van der Waals surface area contributed by atoms with Gasteiger partial charge in [0.25, 0.3) is 0 Å². The summed E-state index contributed by atoms with van der Waals surface area (Å²) < 4.78 is 5.13. The van der Waals surface area contributed by atoms with E-state index >= 15 is 0 Å². The summed E-state index contributed by atoms with van der Waals surface area (Å²) in [6.45, 7) is 1.66. The fourth-order valence-electron chi connectivity index (χ4n) is 1.07. The van der Waals surface area contributed by atoms with E-state index in [9.17, 15) is 0 Å². The van der Waals surface area contributed by atoms with E-state index in [0.29, 0.717) is 0 Å². The van der Waals surface area contributed by atoms with Gasteiger partial charge in [0.15, 0.2) is 0 Å². The Morgan fingerprint density at radius 2 is 2.73 bits per heavy atom. The summed E-state index contributed by atoms with van der Waals surface area (Å²) in [5.41, 5.74) is 0. The Bertz CT molecular complexity index is 273. The Balaban J connectivity index is 1.91. The van der Waals surface area contributed by atoms with Gasteiger partial charge in [-0.2, -0.15) is 5.26 Å². The SMILES string of the molecule is N#CC1CN1Cc1ccco1. The lowest BCUT2D eigenvalue weighted by Gasteiger charge is -1.94. The molecular weight excluding hydrogens is 140 g/mol. The van der Waals surface area contributed by atoms with E-state index in [1.165, 1.54) is 0 Å². The zero-order chi connectivity index (χ0) is 7.68. The number of rotatable bonds is 2. The summed E-state index contributed by atoms with van der Waals surface area (Å²) in [5.74, 6) is 0.933. The Labute approximate surface area is 64.8 Å². The van der Waals surface area contributed by atoms with E-state index in [4.69, 9.17) is 9.68 Å². The first-order chi connectivity index (χ1) is 5.40. The van der Waals surface area contributed by atoms with Crippen molar-refractivity contribution in [1.29, 1.82) is 5.26 Å². The third-order valence-electron chi connectivity index (χ3n) is 1.80. The van der Waals surface area contributed by atoms with Crippen LogP contribution in [-0.4, -0.2) is 17.5 Å². The van der Waals surface area contributed by atoms with Crippen LogP contribution in [0.1, 0.15) is 5.76 Å². The maximum Gasteiger partial charge on any atom is 0.117 e. The lowest BCUT2D eigenvalue weighted by Crippen LogP contribution is -1.98. The van der Waals surface area contributed by atoms with Gasteiger partial charge in [0.1, 0.15) is 11.8 Å². The molecule has 11 heavy (non-hydrogen) atoms. The van der Waals surface area contributed by atoms with Crippen molar-refractivity contribution >= 4 is 0 Å². The van der Waals surface area contributed by atoms with Crippen molar-refractivity contribution in [2.45, 2.75) is 12.6 Å². The molecule has 1 fully saturated rings. The molecule has 0 amide bonds. The molecule has 56 valence electrons. The molecule has 3 nitrogen and oxygen atoms in total. The molecule has 1 aromatic heterocycles. The average Bonchev–Trinajstić information content (AvgIpc) is 2.54. The minimum Gasteiger partial charge on any atom is -0.468 e. The quantitative estimate of drug-likeness (QED) is 0.587. The Morgan fingerprint density at radius 1 is 1.82 bits per heavy atom. The van der Waals surface area contributed by atoms with Gasteiger partial charge in [0, 0.05) is 6.54 Å². The van der Waals surface area contributed by atoms with Crippen LogP contribution in [-0.2, 0) is 6.54 Å². The summed E-state index contributed by atoms with van der Waals surface area (Å²) in [4.78, 5) is 2.05. The van der Waals surface area contributed by atoms with E-state index in [0.717, 1.165) is 18.8 Å². The Morgan fingerprint density at radius 3 is 3.27 bits per heavy atom. The highest BCUT2D eigenvalue weighted by molar-refractivity contribution is 5.09. The van der Waals surface area contributed by atoms with E-state index in [2.05, 4.69) is 11.0 Å². The molecule has 0 bridgehead atoms. The number of nitrogens with zero attached hydrogens (tertiary/aromatic N) is 2. The van der Waals surface area contributed by atoms with Crippen LogP contribution in [0.3, 0.4) is 0 Å². The van der Waals surface area contributed by atoms with Crippen LogP contribution >= 0.6 is 0 Å².